The standard InChI is InChI=1S/C12H26N2O/c1-5-6-12(15)13-8-10-14(4)9-7-11(2)3/h11H,5-10H2,1-4H3,(H,13,15). The van der Waals surface area contributed by atoms with Crippen LogP contribution in [0.1, 0.15) is 40.0 Å². The molecule has 0 radical (unpaired) electrons. The van der Waals surface area contributed by atoms with Gasteiger partial charge < -0.3 is 10.2 Å². The average Bonchev–Trinajstić information content (AvgIpc) is 2.15. The van der Waals surface area contributed by atoms with Crippen LogP contribution in [-0.4, -0.2) is 37.5 Å². The van der Waals surface area contributed by atoms with Gasteiger partial charge in [0.15, 0.2) is 0 Å². The molecule has 90 valence electrons. The van der Waals surface area contributed by atoms with E-state index >= 15 is 0 Å². The summed E-state index contributed by atoms with van der Waals surface area (Å²) in [7, 11) is 2.11. The fourth-order valence-electron chi connectivity index (χ4n) is 1.29. The van der Waals surface area contributed by atoms with E-state index in [2.05, 4.69) is 31.1 Å². The molecule has 0 aromatic rings. The number of carbonyl (C=O) groups excluding carboxylic acids is 1. The SMILES string of the molecule is CCCC(=O)NCCN(C)CCC(C)C. The Kier molecular flexibility index (Phi) is 8.38. The molecule has 0 saturated carbocycles. The Bertz CT molecular complexity index is 169. The van der Waals surface area contributed by atoms with E-state index in [0.717, 1.165) is 32.0 Å². The van der Waals surface area contributed by atoms with Crippen molar-refractivity contribution in [1.29, 1.82) is 0 Å². The minimum Gasteiger partial charge on any atom is -0.355 e. The van der Waals surface area contributed by atoms with Crippen molar-refractivity contribution in [3.05, 3.63) is 0 Å². The number of carbonyl (C=O) groups is 1. The van der Waals surface area contributed by atoms with Crippen LogP contribution in [-0.2, 0) is 4.79 Å². The number of amides is 1. The van der Waals surface area contributed by atoms with Crippen molar-refractivity contribution in [2.45, 2.75) is 40.0 Å². The van der Waals surface area contributed by atoms with E-state index in [1.165, 1.54) is 6.42 Å². The van der Waals surface area contributed by atoms with Crippen LogP contribution < -0.4 is 5.32 Å². The van der Waals surface area contributed by atoms with Crippen LogP contribution in [0.2, 0.25) is 0 Å². The Morgan fingerprint density at radius 1 is 1.33 bits per heavy atom. The lowest BCUT2D eigenvalue weighted by Gasteiger charge is -2.17. The fourth-order valence-corrected chi connectivity index (χ4v) is 1.29. The number of hydrogen-bond donors (Lipinski definition) is 1. The van der Waals surface area contributed by atoms with E-state index in [-0.39, 0.29) is 5.91 Å². The second-order valence-electron chi connectivity index (χ2n) is 4.59. The predicted molar refractivity (Wildman–Crippen MR) is 64.9 cm³/mol. The van der Waals surface area contributed by atoms with Gasteiger partial charge in [-0.15, -0.1) is 0 Å². The third kappa shape index (κ3) is 9.73. The van der Waals surface area contributed by atoms with Crippen LogP contribution in [0.4, 0.5) is 0 Å². The van der Waals surface area contributed by atoms with E-state index in [1.54, 1.807) is 0 Å². The maximum atomic E-state index is 11.2. The van der Waals surface area contributed by atoms with E-state index in [9.17, 15) is 4.79 Å². The third-order valence-corrected chi connectivity index (χ3v) is 2.38. The van der Waals surface area contributed by atoms with Crippen LogP contribution in [0.15, 0.2) is 0 Å². The lowest BCUT2D eigenvalue weighted by atomic mass is 10.1. The maximum absolute atomic E-state index is 11.2. The molecule has 3 nitrogen and oxygen atoms in total. The zero-order chi connectivity index (χ0) is 11.7. The van der Waals surface area contributed by atoms with Crippen molar-refractivity contribution in [2.75, 3.05) is 26.7 Å². The van der Waals surface area contributed by atoms with Gasteiger partial charge in [0.05, 0.1) is 0 Å². The van der Waals surface area contributed by atoms with E-state index in [0.29, 0.717) is 6.42 Å². The van der Waals surface area contributed by atoms with Gasteiger partial charge in [0.25, 0.3) is 0 Å². The van der Waals surface area contributed by atoms with E-state index < -0.39 is 0 Å². The molecule has 3 heteroatoms. The van der Waals surface area contributed by atoms with Gasteiger partial charge in [-0.1, -0.05) is 20.8 Å². The van der Waals surface area contributed by atoms with Gasteiger partial charge >= 0.3 is 0 Å². The molecule has 1 N–H and O–H groups in total. The first-order valence-corrected chi connectivity index (χ1v) is 6.01. The molecule has 0 unspecified atom stereocenters. The molecule has 0 bridgehead atoms. The summed E-state index contributed by atoms with van der Waals surface area (Å²) >= 11 is 0. The summed E-state index contributed by atoms with van der Waals surface area (Å²) in [5.74, 6) is 0.928. The summed E-state index contributed by atoms with van der Waals surface area (Å²) in [6.45, 7) is 9.32. The predicted octanol–water partition coefficient (Wildman–Crippen LogP) is 1.88. The van der Waals surface area contributed by atoms with Crippen LogP contribution >= 0.6 is 0 Å². The highest BCUT2D eigenvalue weighted by Crippen LogP contribution is 1.99. The topological polar surface area (TPSA) is 32.3 Å². The molecule has 0 saturated heterocycles. The van der Waals surface area contributed by atoms with Crippen molar-refractivity contribution < 1.29 is 4.79 Å². The highest BCUT2D eigenvalue weighted by molar-refractivity contribution is 5.75. The van der Waals surface area contributed by atoms with Crippen LogP contribution in [0.25, 0.3) is 0 Å². The second kappa shape index (κ2) is 8.72. The van der Waals surface area contributed by atoms with Gasteiger partial charge in [-0.25, -0.2) is 0 Å². The molecule has 0 spiro atoms. The highest BCUT2D eigenvalue weighted by atomic mass is 16.1. The van der Waals surface area contributed by atoms with Gasteiger partial charge in [-0.2, -0.15) is 0 Å². The summed E-state index contributed by atoms with van der Waals surface area (Å²) in [4.78, 5) is 13.4. The molecule has 0 rings (SSSR count). The Balaban J connectivity index is 3.38. The van der Waals surface area contributed by atoms with Crippen LogP contribution in [0.3, 0.4) is 0 Å². The molecule has 0 heterocycles. The van der Waals surface area contributed by atoms with Crippen LogP contribution in [0.5, 0.6) is 0 Å². The van der Waals surface area contributed by atoms with E-state index in [1.807, 2.05) is 6.92 Å². The Morgan fingerprint density at radius 3 is 2.53 bits per heavy atom. The molecule has 0 aliphatic heterocycles. The Morgan fingerprint density at radius 2 is 2.00 bits per heavy atom. The minimum absolute atomic E-state index is 0.176. The molecule has 1 amide bonds. The molecule has 0 fully saturated rings. The maximum Gasteiger partial charge on any atom is 0.220 e. The summed E-state index contributed by atoms with van der Waals surface area (Å²) in [6.07, 6.45) is 2.80. The monoisotopic (exact) mass is 214 g/mol. The first kappa shape index (κ1) is 14.4. The van der Waals surface area contributed by atoms with E-state index in [4.69, 9.17) is 0 Å². The minimum atomic E-state index is 0.176. The Labute approximate surface area is 94.2 Å². The summed E-state index contributed by atoms with van der Waals surface area (Å²) in [6, 6.07) is 0. The fraction of sp³-hybridized carbons (Fsp3) is 0.917. The molecule has 0 aliphatic carbocycles. The zero-order valence-electron chi connectivity index (χ0n) is 10.7. The smallest absolute Gasteiger partial charge is 0.220 e. The first-order chi connectivity index (χ1) is 7.06. The highest BCUT2D eigenvalue weighted by Gasteiger charge is 2.02. The average molecular weight is 214 g/mol. The first-order valence-electron chi connectivity index (χ1n) is 6.01. The molecule has 0 aromatic carbocycles. The van der Waals surface area contributed by atoms with Crippen LogP contribution in [0, 0.1) is 5.92 Å². The van der Waals surface area contributed by atoms with Gasteiger partial charge in [0.2, 0.25) is 5.91 Å². The van der Waals surface area contributed by atoms with Crippen molar-refractivity contribution >= 4 is 5.91 Å². The quantitative estimate of drug-likeness (QED) is 0.669. The van der Waals surface area contributed by atoms with Crippen molar-refractivity contribution in [3.63, 3.8) is 0 Å². The molecule has 15 heavy (non-hydrogen) atoms. The lowest BCUT2D eigenvalue weighted by molar-refractivity contribution is -0.121. The van der Waals surface area contributed by atoms with Gasteiger partial charge in [-0.3, -0.25) is 4.79 Å². The molecular formula is C12H26N2O. The molecule has 0 aromatic heterocycles. The number of nitrogens with one attached hydrogen (secondary N) is 1. The van der Waals surface area contributed by atoms with Gasteiger partial charge in [-0.05, 0) is 32.4 Å². The van der Waals surface area contributed by atoms with Crippen molar-refractivity contribution in [2.24, 2.45) is 5.92 Å². The zero-order valence-corrected chi connectivity index (χ0v) is 10.7. The van der Waals surface area contributed by atoms with Gasteiger partial charge in [0, 0.05) is 19.5 Å². The van der Waals surface area contributed by atoms with Gasteiger partial charge in [0.1, 0.15) is 0 Å². The summed E-state index contributed by atoms with van der Waals surface area (Å²) < 4.78 is 0. The summed E-state index contributed by atoms with van der Waals surface area (Å²) in [5.41, 5.74) is 0. The normalized spacial score (nSPS) is 11.1. The summed E-state index contributed by atoms with van der Waals surface area (Å²) in [5, 5.41) is 2.92. The largest absolute Gasteiger partial charge is 0.355 e. The molecule has 0 atom stereocenters. The lowest BCUT2D eigenvalue weighted by Crippen LogP contribution is -2.33. The number of hydrogen-bond acceptors (Lipinski definition) is 2. The molecule has 0 aliphatic rings. The van der Waals surface area contributed by atoms with Crippen molar-refractivity contribution in [3.8, 4) is 0 Å². The Hall–Kier alpha value is -0.570. The van der Waals surface area contributed by atoms with Crippen molar-refractivity contribution in [1.82, 2.24) is 10.2 Å². The number of rotatable bonds is 8. The number of likely N-dealkylation sites (N-methyl/N-ethyl adjacent to an activating group) is 1. The molecular weight excluding hydrogens is 188 g/mol. The second-order valence-corrected chi connectivity index (χ2v) is 4.59. The third-order valence-electron chi connectivity index (χ3n) is 2.38. The number of nitrogens with zero attached hydrogens (tertiary/aromatic N) is 1.